The fraction of sp³-hybridized carbons (Fsp3) is 0. The Morgan fingerprint density at radius 3 is 1.77 bits per heavy atom. The summed E-state index contributed by atoms with van der Waals surface area (Å²) >= 11 is 1.76. The maximum Gasteiger partial charge on any atom is 0.0623 e. The van der Waals surface area contributed by atoms with Crippen LogP contribution in [0.15, 0.2) is 158 Å². The molecule has 0 amide bonds. The zero-order chi connectivity index (χ0) is 30.1. The molecule has 8 aromatic carbocycles. The monoisotopic (exact) mass is 564 g/mol. The van der Waals surface area contributed by atoms with Gasteiger partial charge in [-0.05, 0) is 90.0 Å². The average molecular weight is 565 g/mol. The van der Waals surface area contributed by atoms with Crippen LogP contribution >= 0.6 is 11.3 Å². The first kappa shape index (κ1) is 22.4. The van der Waals surface area contributed by atoms with Crippen LogP contribution in [0.1, 0.15) is 2.74 Å². The Kier molecular flexibility index (Phi) is 5.03. The van der Waals surface area contributed by atoms with Gasteiger partial charge in [0, 0.05) is 20.2 Å². The van der Waals surface area contributed by atoms with Crippen molar-refractivity contribution in [1.82, 2.24) is 0 Å². The number of hydrogen-bond acceptors (Lipinski definition) is 1. The zero-order valence-electron chi connectivity index (χ0n) is 25.3. The van der Waals surface area contributed by atoms with Crippen LogP contribution in [-0.2, 0) is 0 Å². The van der Waals surface area contributed by atoms with E-state index in [0.29, 0.717) is 12.1 Å². The minimum Gasteiger partial charge on any atom is -0.135 e. The van der Waals surface area contributed by atoms with E-state index < -0.39 is 0 Å². The van der Waals surface area contributed by atoms with Crippen LogP contribution in [0, 0.1) is 0 Å². The highest BCUT2D eigenvalue weighted by molar-refractivity contribution is 7.25. The first-order chi connectivity index (χ1) is 22.1. The quantitative estimate of drug-likeness (QED) is 0.187. The van der Waals surface area contributed by atoms with Gasteiger partial charge in [0.1, 0.15) is 0 Å². The summed E-state index contributed by atoms with van der Waals surface area (Å²) in [5.74, 6) is 0. The van der Waals surface area contributed by atoms with Gasteiger partial charge in [-0.3, -0.25) is 0 Å². The third-order valence-corrected chi connectivity index (χ3v) is 9.86. The van der Waals surface area contributed by atoms with Gasteiger partial charge in [-0.1, -0.05) is 133 Å². The number of thiophene rings is 1. The molecule has 0 aliphatic carbocycles. The van der Waals surface area contributed by atoms with E-state index in [1.54, 1.807) is 11.3 Å². The van der Waals surface area contributed by atoms with Gasteiger partial charge in [-0.25, -0.2) is 0 Å². The van der Waals surface area contributed by atoms with E-state index in [4.69, 9.17) is 2.74 Å². The standard InChI is InChI=1S/C42H26S/c1-2-12-28-25-29(22-21-27(28)11-1)31-13-3-4-15-33(31)42-36-18-7-5-16-34(36)41(35-17-6-8-19-37(35)42)30-23-24-40-38(26-30)32-14-9-10-20-39(32)43-40/h1-26H/i1D,10D. The van der Waals surface area contributed by atoms with Gasteiger partial charge in [0.2, 0.25) is 0 Å². The van der Waals surface area contributed by atoms with Crippen LogP contribution in [-0.4, -0.2) is 0 Å². The normalized spacial score (nSPS) is 12.4. The molecule has 0 spiro atoms. The Bertz CT molecular complexity index is 2570. The smallest absolute Gasteiger partial charge is 0.0623 e. The Morgan fingerprint density at radius 2 is 0.977 bits per heavy atom. The largest absolute Gasteiger partial charge is 0.135 e. The molecule has 1 heteroatoms. The summed E-state index contributed by atoms with van der Waals surface area (Å²) in [4.78, 5) is 0. The van der Waals surface area contributed by atoms with Crippen molar-refractivity contribution in [2.75, 3.05) is 0 Å². The first-order valence-corrected chi connectivity index (χ1v) is 15.4. The number of benzene rings is 8. The molecule has 0 saturated heterocycles. The van der Waals surface area contributed by atoms with Crippen LogP contribution < -0.4 is 0 Å². The molecule has 9 aromatic rings. The van der Waals surface area contributed by atoms with Crippen LogP contribution in [0.4, 0.5) is 0 Å². The molecule has 0 atom stereocenters. The maximum absolute atomic E-state index is 8.11. The van der Waals surface area contributed by atoms with Crippen molar-refractivity contribution < 1.29 is 2.74 Å². The number of fused-ring (bicyclic) bond motifs is 6. The van der Waals surface area contributed by atoms with Gasteiger partial charge >= 0.3 is 0 Å². The van der Waals surface area contributed by atoms with Gasteiger partial charge in [0.15, 0.2) is 0 Å². The second kappa shape index (κ2) is 9.66. The van der Waals surface area contributed by atoms with Gasteiger partial charge < -0.3 is 0 Å². The van der Waals surface area contributed by atoms with E-state index in [1.165, 1.54) is 70.4 Å². The van der Waals surface area contributed by atoms with Crippen LogP contribution in [0.2, 0.25) is 0 Å². The van der Waals surface area contributed by atoms with E-state index in [-0.39, 0.29) is 0 Å². The molecule has 0 unspecified atom stereocenters. The Morgan fingerprint density at radius 1 is 0.372 bits per heavy atom. The van der Waals surface area contributed by atoms with Gasteiger partial charge in [0.05, 0.1) is 2.74 Å². The summed E-state index contributed by atoms with van der Waals surface area (Å²) in [6.45, 7) is 0. The van der Waals surface area contributed by atoms with Crippen molar-refractivity contribution >= 4 is 63.8 Å². The third-order valence-electron chi connectivity index (χ3n) is 8.73. The molecule has 0 aliphatic rings. The highest BCUT2D eigenvalue weighted by Crippen LogP contribution is 2.47. The predicted octanol–water partition coefficient (Wildman–Crippen LogP) is 12.5. The minimum atomic E-state index is 0.530. The Balaban J connectivity index is 1.33. The lowest BCUT2D eigenvalue weighted by atomic mass is 9.83. The summed E-state index contributed by atoms with van der Waals surface area (Å²) in [7, 11) is 0. The zero-order valence-corrected chi connectivity index (χ0v) is 24.1. The van der Waals surface area contributed by atoms with Crippen molar-refractivity contribution in [2.24, 2.45) is 0 Å². The molecule has 0 N–H and O–H groups in total. The fourth-order valence-corrected chi connectivity index (χ4v) is 7.87. The van der Waals surface area contributed by atoms with E-state index >= 15 is 0 Å². The summed E-state index contributed by atoms with van der Waals surface area (Å²) in [5.41, 5.74) is 7.26. The lowest BCUT2D eigenvalue weighted by Gasteiger charge is -2.20. The highest BCUT2D eigenvalue weighted by Gasteiger charge is 2.19. The van der Waals surface area contributed by atoms with Crippen LogP contribution in [0.3, 0.4) is 0 Å². The molecule has 1 aromatic heterocycles. The summed E-state index contributed by atoms with van der Waals surface area (Å²) in [6, 6.07) is 52.7. The van der Waals surface area contributed by atoms with E-state index in [1.807, 2.05) is 30.3 Å². The van der Waals surface area contributed by atoms with E-state index in [0.717, 1.165) is 15.5 Å². The Labute approximate surface area is 256 Å². The molecule has 9 rings (SSSR count). The molecular formula is C42H26S. The first-order valence-electron chi connectivity index (χ1n) is 15.6. The molecule has 0 nitrogen and oxygen atoms in total. The molecular weight excluding hydrogens is 537 g/mol. The molecule has 43 heavy (non-hydrogen) atoms. The number of rotatable bonds is 3. The fourth-order valence-electron chi connectivity index (χ4n) is 6.80. The van der Waals surface area contributed by atoms with Crippen LogP contribution in [0.5, 0.6) is 0 Å². The second-order valence-corrected chi connectivity index (χ2v) is 12.2. The topological polar surface area (TPSA) is 0 Å². The van der Waals surface area contributed by atoms with Crippen molar-refractivity contribution in [3.8, 4) is 33.4 Å². The summed E-state index contributed by atoms with van der Waals surface area (Å²) in [5, 5.41) is 9.59. The van der Waals surface area contributed by atoms with Crippen molar-refractivity contribution in [2.45, 2.75) is 0 Å². The molecule has 200 valence electrons. The lowest BCUT2D eigenvalue weighted by molar-refractivity contribution is 1.62. The molecule has 0 saturated carbocycles. The molecule has 0 bridgehead atoms. The minimum absolute atomic E-state index is 0.530. The van der Waals surface area contributed by atoms with Crippen LogP contribution in [0.25, 0.3) is 85.9 Å². The Hall–Kier alpha value is -5.24. The third kappa shape index (κ3) is 3.82. The summed E-state index contributed by atoms with van der Waals surface area (Å²) < 4.78 is 18.6. The number of hydrogen-bond donors (Lipinski definition) is 0. The molecule has 0 radical (unpaired) electrons. The van der Waals surface area contributed by atoms with Gasteiger partial charge in [-0.15, -0.1) is 11.3 Å². The molecule has 0 aliphatic heterocycles. The van der Waals surface area contributed by atoms with Gasteiger partial charge in [0.25, 0.3) is 0 Å². The van der Waals surface area contributed by atoms with Crippen molar-refractivity contribution in [3.63, 3.8) is 0 Å². The average Bonchev–Trinajstić information content (AvgIpc) is 3.43. The van der Waals surface area contributed by atoms with Crippen molar-refractivity contribution in [1.29, 1.82) is 0 Å². The van der Waals surface area contributed by atoms with Gasteiger partial charge in [-0.2, -0.15) is 0 Å². The van der Waals surface area contributed by atoms with E-state index in [2.05, 4.69) is 115 Å². The molecule has 1 heterocycles. The molecule has 0 fully saturated rings. The lowest BCUT2D eigenvalue weighted by Crippen LogP contribution is -1.92. The van der Waals surface area contributed by atoms with E-state index in [9.17, 15) is 0 Å². The SMILES string of the molecule is [2H]c1ccc2cc(-c3ccccc3-c3c4ccccc4c(-c4ccc5sc6cc([2H])ccc6c5c4)c4ccccc34)ccc2c1. The second-order valence-electron chi connectivity index (χ2n) is 11.1. The maximum atomic E-state index is 8.11. The predicted molar refractivity (Wildman–Crippen MR) is 188 cm³/mol. The van der Waals surface area contributed by atoms with Crippen molar-refractivity contribution in [3.05, 3.63) is 158 Å². The summed E-state index contributed by atoms with van der Waals surface area (Å²) in [6.07, 6.45) is 0. The highest BCUT2D eigenvalue weighted by atomic mass is 32.1.